The Labute approximate surface area is 109 Å². The SMILES string of the molecule is NNC(=O)c1ccc(F)c(CN2CC(O)C(O)C2)c1. The van der Waals surface area contributed by atoms with Crippen LogP contribution in [0.3, 0.4) is 0 Å². The Balaban J connectivity index is 2.13. The fourth-order valence-corrected chi connectivity index (χ4v) is 2.14. The van der Waals surface area contributed by atoms with E-state index < -0.39 is 23.9 Å². The van der Waals surface area contributed by atoms with Crippen molar-refractivity contribution >= 4 is 5.91 Å². The van der Waals surface area contributed by atoms with E-state index in [4.69, 9.17) is 5.84 Å². The highest BCUT2D eigenvalue weighted by atomic mass is 19.1. The third kappa shape index (κ3) is 3.07. The first kappa shape index (κ1) is 13.9. The Hall–Kier alpha value is -1.54. The van der Waals surface area contributed by atoms with Crippen molar-refractivity contribution in [1.29, 1.82) is 0 Å². The first-order valence-corrected chi connectivity index (χ1v) is 5.89. The van der Waals surface area contributed by atoms with Crippen molar-refractivity contribution in [2.24, 2.45) is 5.84 Å². The number of halogens is 1. The number of benzene rings is 1. The molecule has 2 rings (SSSR count). The fourth-order valence-electron chi connectivity index (χ4n) is 2.14. The Morgan fingerprint density at radius 2 is 2.05 bits per heavy atom. The summed E-state index contributed by atoms with van der Waals surface area (Å²) in [6.07, 6.45) is -1.64. The summed E-state index contributed by atoms with van der Waals surface area (Å²) >= 11 is 0. The van der Waals surface area contributed by atoms with Crippen LogP contribution < -0.4 is 11.3 Å². The van der Waals surface area contributed by atoms with E-state index in [1.807, 2.05) is 5.43 Å². The topological polar surface area (TPSA) is 98.8 Å². The molecule has 2 unspecified atom stereocenters. The van der Waals surface area contributed by atoms with Crippen molar-refractivity contribution in [3.8, 4) is 0 Å². The van der Waals surface area contributed by atoms with Gasteiger partial charge in [-0.15, -0.1) is 0 Å². The molecule has 0 saturated carbocycles. The number of carbonyl (C=O) groups is 1. The third-order valence-corrected chi connectivity index (χ3v) is 3.17. The molecule has 1 aromatic rings. The van der Waals surface area contributed by atoms with Crippen LogP contribution in [0.2, 0.25) is 0 Å². The lowest BCUT2D eigenvalue weighted by molar-refractivity contribution is 0.0572. The summed E-state index contributed by atoms with van der Waals surface area (Å²) in [6.45, 7) is 0.757. The highest BCUT2D eigenvalue weighted by molar-refractivity contribution is 5.93. The van der Waals surface area contributed by atoms with Crippen molar-refractivity contribution in [2.45, 2.75) is 18.8 Å². The monoisotopic (exact) mass is 269 g/mol. The standard InChI is InChI=1S/C12H16FN3O3/c13-9-2-1-7(12(19)15-14)3-8(9)4-16-5-10(17)11(18)6-16/h1-3,10-11,17-18H,4-6,14H2,(H,15,19). The van der Waals surface area contributed by atoms with Gasteiger partial charge in [-0.05, 0) is 18.2 Å². The van der Waals surface area contributed by atoms with Gasteiger partial charge < -0.3 is 10.2 Å². The third-order valence-electron chi connectivity index (χ3n) is 3.17. The van der Waals surface area contributed by atoms with E-state index >= 15 is 0 Å². The van der Waals surface area contributed by atoms with Crippen LogP contribution in [0, 0.1) is 5.82 Å². The maximum atomic E-state index is 13.7. The maximum absolute atomic E-state index is 13.7. The molecule has 0 radical (unpaired) electrons. The minimum atomic E-state index is -0.821. The van der Waals surface area contributed by atoms with Gasteiger partial charge in [-0.25, -0.2) is 10.2 Å². The first-order chi connectivity index (χ1) is 9.01. The lowest BCUT2D eigenvalue weighted by atomic mass is 10.1. The number of aliphatic hydroxyl groups excluding tert-OH is 2. The van der Waals surface area contributed by atoms with Crippen molar-refractivity contribution in [3.63, 3.8) is 0 Å². The van der Waals surface area contributed by atoms with Crippen LogP contribution in [-0.2, 0) is 6.54 Å². The molecular weight excluding hydrogens is 253 g/mol. The van der Waals surface area contributed by atoms with Gasteiger partial charge in [0.25, 0.3) is 5.91 Å². The molecule has 1 aromatic carbocycles. The predicted octanol–water partition coefficient (Wildman–Crippen LogP) is -1.03. The largest absolute Gasteiger partial charge is 0.389 e. The van der Waals surface area contributed by atoms with Crippen LogP contribution >= 0.6 is 0 Å². The van der Waals surface area contributed by atoms with Crippen molar-refractivity contribution in [2.75, 3.05) is 13.1 Å². The molecule has 0 aromatic heterocycles. The van der Waals surface area contributed by atoms with E-state index in [1.54, 1.807) is 4.90 Å². The number of nitrogens with zero attached hydrogens (tertiary/aromatic N) is 1. The Bertz CT molecular complexity index is 473. The fraction of sp³-hybridized carbons (Fsp3) is 0.417. The molecule has 1 fully saturated rings. The molecule has 5 N–H and O–H groups in total. The molecule has 1 aliphatic heterocycles. The van der Waals surface area contributed by atoms with Gasteiger partial charge in [-0.1, -0.05) is 0 Å². The van der Waals surface area contributed by atoms with Gasteiger partial charge in [0.05, 0.1) is 12.2 Å². The summed E-state index contributed by atoms with van der Waals surface area (Å²) in [6, 6.07) is 3.95. The number of hydrazine groups is 1. The number of rotatable bonds is 3. The van der Waals surface area contributed by atoms with E-state index in [1.165, 1.54) is 18.2 Å². The number of hydrogen-bond donors (Lipinski definition) is 4. The summed E-state index contributed by atoms with van der Waals surface area (Å²) in [7, 11) is 0. The van der Waals surface area contributed by atoms with Crippen molar-refractivity contribution in [1.82, 2.24) is 10.3 Å². The van der Waals surface area contributed by atoms with E-state index in [9.17, 15) is 19.4 Å². The summed E-state index contributed by atoms with van der Waals surface area (Å²) in [5.74, 6) is 4.08. The predicted molar refractivity (Wildman–Crippen MR) is 65.3 cm³/mol. The van der Waals surface area contributed by atoms with Crippen LogP contribution in [-0.4, -0.2) is 46.3 Å². The number of likely N-dealkylation sites (tertiary alicyclic amines) is 1. The molecule has 0 aliphatic carbocycles. The zero-order chi connectivity index (χ0) is 14.0. The molecule has 1 aliphatic rings. The lowest BCUT2D eigenvalue weighted by Crippen LogP contribution is -2.30. The summed E-state index contributed by atoms with van der Waals surface area (Å²) in [5, 5.41) is 18.9. The Morgan fingerprint density at radius 1 is 1.42 bits per heavy atom. The van der Waals surface area contributed by atoms with E-state index in [-0.39, 0.29) is 25.2 Å². The average Bonchev–Trinajstić information content (AvgIpc) is 2.70. The molecule has 1 amide bonds. The minimum absolute atomic E-state index is 0.214. The van der Waals surface area contributed by atoms with Crippen LogP contribution in [0.5, 0.6) is 0 Å². The molecule has 7 heteroatoms. The van der Waals surface area contributed by atoms with Gasteiger partial charge in [0.2, 0.25) is 0 Å². The number of carbonyl (C=O) groups excluding carboxylic acids is 1. The number of nitrogens with one attached hydrogen (secondary N) is 1. The summed E-state index contributed by atoms with van der Waals surface area (Å²) < 4.78 is 13.7. The number of β-amino-alcohol motifs (C(OH)–C–C–N with tert-alkyl or cyclic N) is 2. The second-order valence-corrected chi connectivity index (χ2v) is 4.61. The second-order valence-electron chi connectivity index (χ2n) is 4.61. The van der Waals surface area contributed by atoms with Gasteiger partial charge in [-0.3, -0.25) is 15.1 Å². The van der Waals surface area contributed by atoms with Crippen molar-refractivity contribution in [3.05, 3.63) is 35.1 Å². The van der Waals surface area contributed by atoms with Crippen LogP contribution in [0.25, 0.3) is 0 Å². The molecular formula is C12H16FN3O3. The normalized spacial score (nSPS) is 23.6. The van der Waals surface area contributed by atoms with Crippen LogP contribution in [0.15, 0.2) is 18.2 Å². The molecule has 1 heterocycles. The smallest absolute Gasteiger partial charge is 0.265 e. The number of nitrogen functional groups attached to an aromatic ring is 1. The zero-order valence-corrected chi connectivity index (χ0v) is 10.2. The molecule has 6 nitrogen and oxygen atoms in total. The van der Waals surface area contributed by atoms with Crippen LogP contribution in [0.4, 0.5) is 4.39 Å². The molecule has 0 bridgehead atoms. The van der Waals surface area contributed by atoms with Gasteiger partial charge in [0, 0.05) is 30.8 Å². The number of aliphatic hydroxyl groups is 2. The van der Waals surface area contributed by atoms with Gasteiger partial charge >= 0.3 is 0 Å². The van der Waals surface area contributed by atoms with Gasteiger partial charge in [0.1, 0.15) is 5.82 Å². The molecule has 19 heavy (non-hydrogen) atoms. The zero-order valence-electron chi connectivity index (χ0n) is 10.2. The van der Waals surface area contributed by atoms with Gasteiger partial charge in [0.15, 0.2) is 0 Å². The first-order valence-electron chi connectivity index (χ1n) is 5.89. The number of hydrogen-bond acceptors (Lipinski definition) is 5. The highest BCUT2D eigenvalue weighted by Gasteiger charge is 2.29. The molecule has 104 valence electrons. The number of nitrogens with two attached hydrogens (primary N) is 1. The Morgan fingerprint density at radius 3 is 2.63 bits per heavy atom. The number of amides is 1. The molecule has 0 spiro atoms. The van der Waals surface area contributed by atoms with E-state index in [0.29, 0.717) is 5.56 Å². The van der Waals surface area contributed by atoms with E-state index in [2.05, 4.69) is 0 Å². The summed E-state index contributed by atoms with van der Waals surface area (Å²) in [4.78, 5) is 13.1. The van der Waals surface area contributed by atoms with E-state index in [0.717, 1.165) is 0 Å². The van der Waals surface area contributed by atoms with Crippen molar-refractivity contribution < 1.29 is 19.4 Å². The summed E-state index contributed by atoms with van der Waals surface area (Å²) in [5.41, 5.74) is 2.57. The minimum Gasteiger partial charge on any atom is -0.389 e. The second kappa shape index (κ2) is 5.62. The maximum Gasteiger partial charge on any atom is 0.265 e. The van der Waals surface area contributed by atoms with Crippen LogP contribution in [0.1, 0.15) is 15.9 Å². The molecule has 2 atom stereocenters. The lowest BCUT2D eigenvalue weighted by Gasteiger charge is -2.15. The Kier molecular flexibility index (Phi) is 4.11. The highest BCUT2D eigenvalue weighted by Crippen LogP contribution is 2.17. The quantitative estimate of drug-likeness (QED) is 0.319. The average molecular weight is 269 g/mol. The molecule has 1 saturated heterocycles. The van der Waals surface area contributed by atoms with Gasteiger partial charge in [-0.2, -0.15) is 0 Å².